The minimum atomic E-state index is 0.689. The van der Waals surface area contributed by atoms with Gasteiger partial charge in [-0.1, -0.05) is 41.9 Å². The number of nitrogens with one attached hydrogen (secondary N) is 1. The molecule has 0 atom stereocenters. The van der Waals surface area contributed by atoms with Gasteiger partial charge in [-0.3, -0.25) is 5.73 Å². The molecule has 0 spiro atoms. The largest absolute Gasteiger partial charge is 0.287 e. The number of hydrogen-bond donors (Lipinski definition) is 1. The van der Waals surface area contributed by atoms with Crippen LogP contribution in [0.25, 0.3) is 22.0 Å². The lowest BCUT2D eigenvalue weighted by molar-refractivity contribution is -0.326. The molecule has 0 unspecified atom stereocenters. The molecule has 1 heterocycles. The van der Waals surface area contributed by atoms with E-state index in [4.69, 9.17) is 17.3 Å². The van der Waals surface area contributed by atoms with Crippen molar-refractivity contribution in [2.75, 3.05) is 5.73 Å². The van der Waals surface area contributed by atoms with Crippen molar-refractivity contribution in [1.29, 1.82) is 0 Å². The normalized spacial score (nSPS) is 10.8. The summed E-state index contributed by atoms with van der Waals surface area (Å²) in [6, 6.07) is 16.0. The minimum absolute atomic E-state index is 0.689. The number of aromatic amines is 1. The van der Waals surface area contributed by atoms with E-state index in [9.17, 15) is 0 Å². The molecule has 0 fully saturated rings. The van der Waals surface area contributed by atoms with Crippen molar-refractivity contribution in [2.24, 2.45) is 0 Å². The lowest BCUT2D eigenvalue weighted by Crippen LogP contribution is -2.14. The van der Waals surface area contributed by atoms with Crippen LogP contribution in [-0.2, 0) is 0 Å². The maximum absolute atomic E-state index is 6.10. The fourth-order valence-corrected chi connectivity index (χ4v) is 2.59. The second-order valence-electron chi connectivity index (χ2n) is 4.59. The number of hydrogen-bond acceptors (Lipinski definition) is 1. The number of rotatable bonds is 1. The summed E-state index contributed by atoms with van der Waals surface area (Å²) in [6.45, 7) is 2.02. The Morgan fingerprint density at radius 1 is 1.05 bits per heavy atom. The average Bonchev–Trinajstić information content (AvgIpc) is 2.40. The molecule has 1 aromatic heterocycles. The Balaban J connectivity index is 2.42. The highest BCUT2D eigenvalue weighted by molar-refractivity contribution is 6.30. The summed E-state index contributed by atoms with van der Waals surface area (Å²) in [4.78, 5) is 3.23. The standard InChI is InChI=1S/C16H13ClN2/c1-10-15(11-5-4-6-12(17)9-11)13-7-2-3-8-14(13)19-16(10)18/h2-9H,1H3,(H2,18,19)/p+1. The number of benzene rings is 2. The Bertz CT molecular complexity index is 766. The first-order valence-corrected chi connectivity index (χ1v) is 6.50. The summed E-state index contributed by atoms with van der Waals surface area (Å²) in [6.07, 6.45) is 0. The molecule has 2 nitrogen and oxygen atoms in total. The van der Waals surface area contributed by atoms with Gasteiger partial charge in [0.05, 0.1) is 0 Å². The highest BCUT2D eigenvalue weighted by Crippen LogP contribution is 2.32. The van der Waals surface area contributed by atoms with Gasteiger partial charge in [0, 0.05) is 21.5 Å². The zero-order valence-corrected chi connectivity index (χ0v) is 11.3. The maximum atomic E-state index is 6.10. The zero-order chi connectivity index (χ0) is 13.4. The van der Waals surface area contributed by atoms with E-state index in [1.165, 1.54) is 0 Å². The van der Waals surface area contributed by atoms with Gasteiger partial charge in [0.2, 0.25) is 0 Å². The third-order valence-corrected chi connectivity index (χ3v) is 3.59. The van der Waals surface area contributed by atoms with Gasteiger partial charge in [0.15, 0.2) is 0 Å². The van der Waals surface area contributed by atoms with Crippen molar-refractivity contribution in [1.82, 2.24) is 0 Å². The van der Waals surface area contributed by atoms with Crippen molar-refractivity contribution in [3.8, 4) is 11.1 Å². The van der Waals surface area contributed by atoms with Crippen LogP contribution in [0.5, 0.6) is 0 Å². The third kappa shape index (κ3) is 2.04. The quantitative estimate of drug-likeness (QED) is 0.716. The molecular weight excluding hydrogens is 256 g/mol. The van der Waals surface area contributed by atoms with Crippen molar-refractivity contribution < 1.29 is 4.98 Å². The molecule has 2 aromatic carbocycles. The van der Waals surface area contributed by atoms with Crippen LogP contribution in [0.1, 0.15) is 5.56 Å². The molecule has 3 heteroatoms. The van der Waals surface area contributed by atoms with Crippen LogP contribution in [0.4, 0.5) is 5.82 Å². The highest BCUT2D eigenvalue weighted by atomic mass is 35.5. The molecule has 3 rings (SSSR count). The van der Waals surface area contributed by atoms with Crippen LogP contribution in [0, 0.1) is 6.92 Å². The van der Waals surface area contributed by atoms with E-state index in [0.717, 1.165) is 32.6 Å². The molecule has 3 N–H and O–H groups in total. The summed E-state index contributed by atoms with van der Waals surface area (Å²) in [7, 11) is 0. The number of para-hydroxylation sites is 1. The number of aromatic nitrogens is 1. The number of H-pyrrole nitrogens is 1. The smallest absolute Gasteiger partial charge is 0.274 e. The first-order chi connectivity index (χ1) is 9.16. The summed E-state index contributed by atoms with van der Waals surface area (Å²) >= 11 is 6.10. The van der Waals surface area contributed by atoms with Gasteiger partial charge in [0.1, 0.15) is 5.52 Å². The number of nitrogens with two attached hydrogens (primary N) is 1. The van der Waals surface area contributed by atoms with Crippen molar-refractivity contribution in [3.05, 3.63) is 59.1 Å². The highest BCUT2D eigenvalue weighted by Gasteiger charge is 2.14. The number of anilines is 1. The fraction of sp³-hybridized carbons (Fsp3) is 0.0625. The Morgan fingerprint density at radius 3 is 2.63 bits per heavy atom. The van der Waals surface area contributed by atoms with E-state index in [-0.39, 0.29) is 0 Å². The van der Waals surface area contributed by atoms with Gasteiger partial charge < -0.3 is 0 Å². The second kappa shape index (κ2) is 4.56. The van der Waals surface area contributed by atoms with E-state index < -0.39 is 0 Å². The van der Waals surface area contributed by atoms with Crippen molar-refractivity contribution >= 4 is 28.3 Å². The number of pyridine rings is 1. The third-order valence-electron chi connectivity index (χ3n) is 3.36. The topological polar surface area (TPSA) is 40.2 Å². The summed E-state index contributed by atoms with van der Waals surface area (Å²) in [5, 5.41) is 1.88. The zero-order valence-electron chi connectivity index (χ0n) is 10.6. The first-order valence-electron chi connectivity index (χ1n) is 6.13. The number of nitrogen functional groups attached to an aromatic ring is 1. The molecule has 0 radical (unpaired) electrons. The van der Waals surface area contributed by atoms with E-state index in [1.807, 2.05) is 43.3 Å². The van der Waals surface area contributed by atoms with E-state index in [1.54, 1.807) is 0 Å². The molecule has 0 saturated carbocycles. The van der Waals surface area contributed by atoms with Crippen LogP contribution in [-0.4, -0.2) is 0 Å². The summed E-state index contributed by atoms with van der Waals surface area (Å²) in [5.74, 6) is 0.689. The van der Waals surface area contributed by atoms with Gasteiger partial charge in [-0.05, 0) is 30.7 Å². The molecule has 94 valence electrons. The molecule has 0 aliphatic heterocycles. The fourth-order valence-electron chi connectivity index (χ4n) is 2.40. The monoisotopic (exact) mass is 269 g/mol. The Labute approximate surface area is 116 Å². The molecule has 0 aliphatic carbocycles. The maximum Gasteiger partial charge on any atom is 0.274 e. The molecule has 0 amide bonds. The Hall–Kier alpha value is -2.06. The summed E-state index contributed by atoms with van der Waals surface area (Å²) < 4.78 is 0. The van der Waals surface area contributed by atoms with Crippen LogP contribution >= 0.6 is 11.6 Å². The predicted molar refractivity (Wildman–Crippen MR) is 80.1 cm³/mol. The lowest BCUT2D eigenvalue weighted by Gasteiger charge is -2.10. The van der Waals surface area contributed by atoms with Gasteiger partial charge in [-0.25, -0.2) is 4.98 Å². The molecule has 0 bridgehead atoms. The van der Waals surface area contributed by atoms with Gasteiger partial charge in [0.25, 0.3) is 5.82 Å². The van der Waals surface area contributed by atoms with Crippen molar-refractivity contribution in [2.45, 2.75) is 6.92 Å². The average molecular weight is 270 g/mol. The SMILES string of the molecule is Cc1c(N)[nH+]c2ccccc2c1-c1cccc(Cl)c1. The number of fused-ring (bicyclic) bond motifs is 1. The van der Waals surface area contributed by atoms with Crippen LogP contribution in [0.2, 0.25) is 5.02 Å². The lowest BCUT2D eigenvalue weighted by atomic mass is 9.96. The number of halogens is 1. The van der Waals surface area contributed by atoms with Crippen LogP contribution < -0.4 is 10.7 Å². The molecule has 0 saturated heterocycles. The van der Waals surface area contributed by atoms with E-state index in [2.05, 4.69) is 17.1 Å². The second-order valence-corrected chi connectivity index (χ2v) is 5.03. The molecule has 0 aliphatic rings. The van der Waals surface area contributed by atoms with E-state index in [0.29, 0.717) is 5.82 Å². The van der Waals surface area contributed by atoms with Gasteiger partial charge in [-0.2, -0.15) is 0 Å². The molecule has 19 heavy (non-hydrogen) atoms. The summed E-state index contributed by atoms with van der Waals surface area (Å²) in [5.41, 5.74) is 10.4. The van der Waals surface area contributed by atoms with Crippen LogP contribution in [0.3, 0.4) is 0 Å². The predicted octanol–water partition coefficient (Wildman–Crippen LogP) is 3.86. The van der Waals surface area contributed by atoms with Crippen LogP contribution in [0.15, 0.2) is 48.5 Å². The minimum Gasteiger partial charge on any atom is -0.287 e. The Kier molecular flexibility index (Phi) is 2.88. The van der Waals surface area contributed by atoms with E-state index >= 15 is 0 Å². The van der Waals surface area contributed by atoms with Gasteiger partial charge in [-0.15, -0.1) is 0 Å². The Morgan fingerprint density at radius 2 is 1.84 bits per heavy atom. The molecule has 3 aromatic rings. The van der Waals surface area contributed by atoms with Gasteiger partial charge >= 0.3 is 0 Å². The van der Waals surface area contributed by atoms with Crippen molar-refractivity contribution in [3.63, 3.8) is 0 Å². The first kappa shape index (κ1) is 12.0. The molecular formula is C16H14ClN2+.